The highest BCUT2D eigenvalue weighted by Gasteiger charge is 2.01. The Morgan fingerprint density at radius 2 is 2.06 bits per heavy atom. The highest BCUT2D eigenvalue weighted by atomic mass is 16.5. The standard InChI is InChI=1S/C14H19N3O/c1-11(15)12-3-5-13(6-4-12)18-10-7-14-16-8-9-17(14)2/h3-6,8-9,11H,7,10,15H2,1-2H3. The van der Waals surface area contributed by atoms with Crippen LogP contribution in [-0.2, 0) is 13.5 Å². The number of nitrogens with zero attached hydrogens (tertiary/aromatic N) is 2. The van der Waals surface area contributed by atoms with Crippen molar-refractivity contribution in [2.24, 2.45) is 12.8 Å². The van der Waals surface area contributed by atoms with Crippen LogP contribution >= 0.6 is 0 Å². The van der Waals surface area contributed by atoms with Crippen LogP contribution in [0.5, 0.6) is 5.75 Å². The monoisotopic (exact) mass is 245 g/mol. The van der Waals surface area contributed by atoms with Crippen molar-refractivity contribution in [1.82, 2.24) is 9.55 Å². The number of nitrogens with two attached hydrogens (primary N) is 1. The van der Waals surface area contributed by atoms with E-state index in [1.54, 1.807) is 6.20 Å². The fourth-order valence-electron chi connectivity index (χ4n) is 1.77. The summed E-state index contributed by atoms with van der Waals surface area (Å²) in [6, 6.07) is 7.97. The summed E-state index contributed by atoms with van der Waals surface area (Å²) < 4.78 is 7.68. The second-order valence-electron chi connectivity index (χ2n) is 4.41. The molecule has 1 aromatic heterocycles. The molecule has 0 saturated heterocycles. The number of hydrogen-bond donors (Lipinski definition) is 1. The topological polar surface area (TPSA) is 53.1 Å². The van der Waals surface area contributed by atoms with Crippen LogP contribution in [0.1, 0.15) is 24.4 Å². The van der Waals surface area contributed by atoms with Gasteiger partial charge in [0.05, 0.1) is 6.61 Å². The van der Waals surface area contributed by atoms with Crippen LogP contribution in [0.4, 0.5) is 0 Å². The lowest BCUT2D eigenvalue weighted by atomic mass is 10.1. The molecule has 0 fully saturated rings. The summed E-state index contributed by atoms with van der Waals surface area (Å²) in [6.07, 6.45) is 4.54. The first-order valence-electron chi connectivity index (χ1n) is 6.11. The molecule has 0 aliphatic heterocycles. The largest absolute Gasteiger partial charge is 0.493 e. The first kappa shape index (κ1) is 12.6. The first-order chi connectivity index (χ1) is 8.66. The number of ether oxygens (including phenoxy) is 1. The molecule has 0 spiro atoms. The molecule has 0 saturated carbocycles. The lowest BCUT2D eigenvalue weighted by Gasteiger charge is -2.09. The van der Waals surface area contributed by atoms with Gasteiger partial charge < -0.3 is 15.0 Å². The highest BCUT2D eigenvalue weighted by molar-refractivity contribution is 5.28. The average Bonchev–Trinajstić information content (AvgIpc) is 2.76. The predicted molar refractivity (Wildman–Crippen MR) is 71.5 cm³/mol. The van der Waals surface area contributed by atoms with Crippen molar-refractivity contribution in [3.63, 3.8) is 0 Å². The number of aromatic nitrogens is 2. The Balaban J connectivity index is 1.85. The molecule has 18 heavy (non-hydrogen) atoms. The number of imidazole rings is 1. The molecule has 2 rings (SSSR count). The molecule has 0 bridgehead atoms. The normalized spacial score (nSPS) is 12.4. The number of aryl methyl sites for hydroxylation is 1. The molecule has 1 aromatic carbocycles. The van der Waals surface area contributed by atoms with Gasteiger partial charge in [-0.1, -0.05) is 12.1 Å². The van der Waals surface area contributed by atoms with Crippen LogP contribution in [-0.4, -0.2) is 16.2 Å². The second kappa shape index (κ2) is 5.69. The van der Waals surface area contributed by atoms with Crippen molar-refractivity contribution in [2.75, 3.05) is 6.61 Å². The number of rotatable bonds is 5. The van der Waals surface area contributed by atoms with E-state index in [0.717, 1.165) is 23.6 Å². The number of benzene rings is 1. The van der Waals surface area contributed by atoms with Crippen molar-refractivity contribution >= 4 is 0 Å². The Kier molecular flexibility index (Phi) is 3.99. The quantitative estimate of drug-likeness (QED) is 0.877. The molecule has 0 aliphatic rings. The lowest BCUT2D eigenvalue weighted by Crippen LogP contribution is -2.07. The van der Waals surface area contributed by atoms with Crippen LogP contribution in [0.2, 0.25) is 0 Å². The van der Waals surface area contributed by atoms with Gasteiger partial charge in [-0.15, -0.1) is 0 Å². The maximum atomic E-state index is 5.79. The minimum atomic E-state index is 0.0617. The Labute approximate surface area is 107 Å². The Morgan fingerprint density at radius 1 is 1.33 bits per heavy atom. The molecule has 1 atom stereocenters. The van der Waals surface area contributed by atoms with Crippen LogP contribution < -0.4 is 10.5 Å². The van der Waals surface area contributed by atoms with Crippen molar-refractivity contribution in [3.05, 3.63) is 48.0 Å². The smallest absolute Gasteiger partial charge is 0.119 e. The fraction of sp³-hybridized carbons (Fsp3) is 0.357. The number of hydrogen-bond acceptors (Lipinski definition) is 3. The van der Waals surface area contributed by atoms with Gasteiger partial charge in [-0.05, 0) is 24.6 Å². The third-order valence-corrected chi connectivity index (χ3v) is 2.92. The van der Waals surface area contributed by atoms with Crippen LogP contribution in [0, 0.1) is 0 Å². The molecule has 0 radical (unpaired) electrons. The second-order valence-corrected chi connectivity index (χ2v) is 4.41. The molecule has 0 amide bonds. The van der Waals surface area contributed by atoms with E-state index >= 15 is 0 Å². The van der Waals surface area contributed by atoms with E-state index in [0.29, 0.717) is 6.61 Å². The maximum Gasteiger partial charge on any atom is 0.119 e. The van der Waals surface area contributed by atoms with Gasteiger partial charge >= 0.3 is 0 Å². The summed E-state index contributed by atoms with van der Waals surface area (Å²) in [6.45, 7) is 2.60. The summed E-state index contributed by atoms with van der Waals surface area (Å²) in [5.74, 6) is 1.90. The summed E-state index contributed by atoms with van der Waals surface area (Å²) in [7, 11) is 1.99. The molecule has 1 heterocycles. The van der Waals surface area contributed by atoms with Gasteiger partial charge in [-0.2, -0.15) is 0 Å². The third-order valence-electron chi connectivity index (χ3n) is 2.92. The van der Waals surface area contributed by atoms with Crippen LogP contribution in [0.15, 0.2) is 36.7 Å². The molecule has 2 aromatic rings. The van der Waals surface area contributed by atoms with E-state index in [-0.39, 0.29) is 6.04 Å². The van der Waals surface area contributed by atoms with Gasteiger partial charge in [0.2, 0.25) is 0 Å². The van der Waals surface area contributed by atoms with Gasteiger partial charge in [0.15, 0.2) is 0 Å². The maximum absolute atomic E-state index is 5.79. The molecular formula is C14H19N3O. The van der Waals surface area contributed by atoms with Crippen molar-refractivity contribution in [1.29, 1.82) is 0 Å². The SMILES string of the molecule is CC(N)c1ccc(OCCc2nccn2C)cc1. The van der Waals surface area contributed by atoms with Crippen LogP contribution in [0.3, 0.4) is 0 Å². The summed E-state index contributed by atoms with van der Waals surface area (Å²) in [4.78, 5) is 4.25. The van der Waals surface area contributed by atoms with E-state index in [4.69, 9.17) is 10.5 Å². The van der Waals surface area contributed by atoms with E-state index in [1.807, 2.05) is 49.0 Å². The minimum absolute atomic E-state index is 0.0617. The zero-order valence-electron chi connectivity index (χ0n) is 10.8. The molecule has 4 heteroatoms. The zero-order chi connectivity index (χ0) is 13.0. The predicted octanol–water partition coefficient (Wildman–Crippen LogP) is 2.06. The molecule has 1 unspecified atom stereocenters. The summed E-state index contributed by atoms with van der Waals surface area (Å²) in [5.41, 5.74) is 6.91. The third kappa shape index (κ3) is 3.11. The van der Waals surface area contributed by atoms with E-state index in [2.05, 4.69) is 4.98 Å². The van der Waals surface area contributed by atoms with Gasteiger partial charge in [-0.25, -0.2) is 4.98 Å². The fourth-order valence-corrected chi connectivity index (χ4v) is 1.77. The first-order valence-corrected chi connectivity index (χ1v) is 6.11. The van der Waals surface area contributed by atoms with Crippen LogP contribution in [0.25, 0.3) is 0 Å². The highest BCUT2D eigenvalue weighted by Crippen LogP contribution is 2.16. The Bertz CT molecular complexity index is 488. The summed E-state index contributed by atoms with van der Waals surface area (Å²) >= 11 is 0. The average molecular weight is 245 g/mol. The lowest BCUT2D eigenvalue weighted by molar-refractivity contribution is 0.317. The molecular weight excluding hydrogens is 226 g/mol. The van der Waals surface area contributed by atoms with Crippen molar-refractivity contribution < 1.29 is 4.74 Å². The molecule has 4 nitrogen and oxygen atoms in total. The van der Waals surface area contributed by atoms with Gasteiger partial charge in [-0.3, -0.25) is 0 Å². The van der Waals surface area contributed by atoms with E-state index < -0.39 is 0 Å². The molecule has 96 valence electrons. The minimum Gasteiger partial charge on any atom is -0.493 e. The van der Waals surface area contributed by atoms with Gasteiger partial charge in [0, 0.05) is 31.9 Å². The molecule has 2 N–H and O–H groups in total. The van der Waals surface area contributed by atoms with E-state index in [1.165, 1.54) is 0 Å². The van der Waals surface area contributed by atoms with Crippen molar-refractivity contribution in [3.8, 4) is 5.75 Å². The molecule has 0 aliphatic carbocycles. The zero-order valence-corrected chi connectivity index (χ0v) is 10.8. The summed E-state index contributed by atoms with van der Waals surface area (Å²) in [5, 5.41) is 0. The van der Waals surface area contributed by atoms with E-state index in [9.17, 15) is 0 Å². The Hall–Kier alpha value is -1.81. The van der Waals surface area contributed by atoms with Gasteiger partial charge in [0.1, 0.15) is 11.6 Å². The van der Waals surface area contributed by atoms with Crippen molar-refractivity contribution in [2.45, 2.75) is 19.4 Å². The Morgan fingerprint density at radius 3 is 2.61 bits per heavy atom. The van der Waals surface area contributed by atoms with Gasteiger partial charge in [0.25, 0.3) is 0 Å².